The average Bonchev–Trinajstić information content (AvgIpc) is 1.96. The van der Waals surface area contributed by atoms with Crippen molar-refractivity contribution in [3.05, 3.63) is 27.7 Å². The Kier molecular flexibility index (Phi) is 2.45. The van der Waals surface area contributed by atoms with Crippen LogP contribution in [0.5, 0.6) is 0 Å². The van der Waals surface area contributed by atoms with E-state index >= 15 is 0 Å². The summed E-state index contributed by atoms with van der Waals surface area (Å²) in [5.74, 6) is -1.39. The van der Waals surface area contributed by atoms with E-state index < -0.39 is 5.97 Å². The fourth-order valence-corrected chi connectivity index (χ4v) is 1.17. The Hall–Kier alpha value is -0.930. The number of hydrogen-bond acceptors (Lipinski definition) is 3. The van der Waals surface area contributed by atoms with Crippen LogP contribution < -0.4 is 10.8 Å². The van der Waals surface area contributed by atoms with Crippen molar-refractivity contribution in [2.24, 2.45) is 0 Å². The number of anilines is 1. The maximum Gasteiger partial charge on any atom is 0.0731 e. The number of nitrogens with two attached hydrogens (primary N) is 1. The lowest BCUT2D eigenvalue weighted by Gasteiger charge is -2.07. The van der Waals surface area contributed by atoms with Gasteiger partial charge in [0.25, 0.3) is 0 Å². The van der Waals surface area contributed by atoms with Crippen molar-refractivity contribution in [3.8, 4) is 0 Å². The highest BCUT2D eigenvalue weighted by Gasteiger charge is 2.06. The molecule has 64 valence electrons. The zero-order valence-electron chi connectivity index (χ0n) is 5.80. The van der Waals surface area contributed by atoms with Crippen LogP contribution in [0.2, 0.25) is 10.0 Å². The largest absolute Gasteiger partial charge is 0.545 e. The summed E-state index contributed by atoms with van der Waals surface area (Å²) in [4.78, 5) is 10.4. The van der Waals surface area contributed by atoms with Gasteiger partial charge in [-0.25, -0.2) is 0 Å². The van der Waals surface area contributed by atoms with Crippen LogP contribution in [0.25, 0.3) is 0 Å². The molecule has 0 saturated heterocycles. The first-order valence-corrected chi connectivity index (χ1v) is 3.74. The lowest BCUT2D eigenvalue weighted by molar-refractivity contribution is -0.255. The molecule has 0 radical (unpaired) electrons. The molecule has 0 aromatic heterocycles. The van der Waals surface area contributed by atoms with Crippen LogP contribution in [0, 0.1) is 0 Å². The Balaban J connectivity index is 3.37. The molecule has 1 aromatic rings. The van der Waals surface area contributed by atoms with Crippen LogP contribution in [0.15, 0.2) is 12.1 Å². The van der Waals surface area contributed by atoms with Crippen molar-refractivity contribution in [1.82, 2.24) is 0 Å². The number of carbonyl (C=O) groups excluding carboxylic acids is 1. The van der Waals surface area contributed by atoms with Gasteiger partial charge in [-0.1, -0.05) is 23.2 Å². The van der Waals surface area contributed by atoms with Crippen LogP contribution in [0.3, 0.4) is 0 Å². The Morgan fingerprint density at radius 3 is 2.50 bits per heavy atom. The third-order valence-corrected chi connectivity index (χ3v) is 1.93. The van der Waals surface area contributed by atoms with Crippen molar-refractivity contribution < 1.29 is 9.90 Å². The minimum atomic E-state index is -1.39. The molecule has 0 saturated carbocycles. The van der Waals surface area contributed by atoms with E-state index in [1.165, 1.54) is 12.1 Å². The zero-order valence-corrected chi connectivity index (χ0v) is 7.32. The maximum absolute atomic E-state index is 10.4. The summed E-state index contributed by atoms with van der Waals surface area (Å²) < 4.78 is 0. The molecule has 0 spiro atoms. The standard InChI is InChI=1S/C7H5Cl2NO2/c8-3-1-4(7(11)12)6(9)5(10)2-3/h1-2H,10H2,(H,11,12)/p-1. The van der Waals surface area contributed by atoms with Gasteiger partial charge in [-0.05, 0) is 12.1 Å². The van der Waals surface area contributed by atoms with Crippen LogP contribution >= 0.6 is 23.2 Å². The zero-order chi connectivity index (χ0) is 9.30. The third-order valence-electron chi connectivity index (χ3n) is 1.29. The Morgan fingerprint density at radius 1 is 1.42 bits per heavy atom. The van der Waals surface area contributed by atoms with Gasteiger partial charge in [0.15, 0.2) is 0 Å². The number of carboxylic acid groups (broad SMARTS) is 1. The topological polar surface area (TPSA) is 66.2 Å². The number of carbonyl (C=O) groups is 1. The number of aromatic carboxylic acids is 1. The van der Waals surface area contributed by atoms with Crippen molar-refractivity contribution in [1.29, 1.82) is 0 Å². The third kappa shape index (κ3) is 1.62. The summed E-state index contributed by atoms with van der Waals surface area (Å²) in [6, 6.07) is 2.56. The van der Waals surface area contributed by atoms with Gasteiger partial charge in [-0.3, -0.25) is 0 Å². The van der Waals surface area contributed by atoms with E-state index in [-0.39, 0.29) is 21.3 Å². The molecule has 12 heavy (non-hydrogen) atoms. The number of benzene rings is 1. The quantitative estimate of drug-likeness (QED) is 0.693. The first-order chi connectivity index (χ1) is 5.52. The molecular formula is C7H4Cl2NO2-. The second kappa shape index (κ2) is 3.21. The van der Waals surface area contributed by atoms with Gasteiger partial charge in [-0.2, -0.15) is 0 Å². The fraction of sp³-hybridized carbons (Fsp3) is 0. The highest BCUT2D eigenvalue weighted by molar-refractivity contribution is 6.37. The van der Waals surface area contributed by atoms with E-state index in [0.29, 0.717) is 0 Å². The monoisotopic (exact) mass is 204 g/mol. The van der Waals surface area contributed by atoms with Gasteiger partial charge in [0, 0.05) is 10.6 Å². The molecule has 5 heteroatoms. The summed E-state index contributed by atoms with van der Waals surface area (Å²) in [7, 11) is 0. The maximum atomic E-state index is 10.4. The summed E-state index contributed by atoms with van der Waals surface area (Å²) in [6.45, 7) is 0. The minimum Gasteiger partial charge on any atom is -0.545 e. The Morgan fingerprint density at radius 2 is 2.00 bits per heavy atom. The fourth-order valence-electron chi connectivity index (χ4n) is 0.759. The lowest BCUT2D eigenvalue weighted by Crippen LogP contribution is -2.22. The number of carboxylic acids is 1. The molecule has 0 bridgehead atoms. The van der Waals surface area contributed by atoms with Crippen LogP contribution in [-0.2, 0) is 0 Å². The minimum absolute atomic E-state index is 0.0422. The molecule has 0 aliphatic carbocycles. The summed E-state index contributed by atoms with van der Waals surface area (Å²) in [5, 5.41) is 10.6. The lowest BCUT2D eigenvalue weighted by atomic mass is 10.2. The summed E-state index contributed by atoms with van der Waals surface area (Å²) in [5.41, 5.74) is 5.29. The second-order valence-corrected chi connectivity index (χ2v) is 2.96. The molecule has 3 nitrogen and oxygen atoms in total. The van der Waals surface area contributed by atoms with Gasteiger partial charge in [-0.15, -0.1) is 0 Å². The molecular weight excluding hydrogens is 201 g/mol. The van der Waals surface area contributed by atoms with E-state index in [0.717, 1.165) is 0 Å². The summed E-state index contributed by atoms with van der Waals surface area (Å²) >= 11 is 11.1. The van der Waals surface area contributed by atoms with Gasteiger partial charge in [0.05, 0.1) is 16.7 Å². The summed E-state index contributed by atoms with van der Waals surface area (Å²) in [6.07, 6.45) is 0. The normalized spacial score (nSPS) is 9.83. The second-order valence-electron chi connectivity index (χ2n) is 2.14. The number of halogens is 2. The Labute approximate surface area is 78.7 Å². The van der Waals surface area contributed by atoms with Crippen molar-refractivity contribution in [2.45, 2.75) is 0 Å². The van der Waals surface area contributed by atoms with Crippen molar-refractivity contribution in [3.63, 3.8) is 0 Å². The average molecular weight is 205 g/mol. The van der Waals surface area contributed by atoms with E-state index in [1.54, 1.807) is 0 Å². The highest BCUT2D eigenvalue weighted by Crippen LogP contribution is 2.27. The Bertz CT molecular complexity index is 338. The van der Waals surface area contributed by atoms with Crippen LogP contribution in [-0.4, -0.2) is 5.97 Å². The van der Waals surface area contributed by atoms with Crippen molar-refractivity contribution in [2.75, 3.05) is 5.73 Å². The predicted molar refractivity (Wildman–Crippen MR) is 45.2 cm³/mol. The molecule has 0 heterocycles. The van der Waals surface area contributed by atoms with Crippen LogP contribution in [0.1, 0.15) is 10.4 Å². The van der Waals surface area contributed by atoms with Crippen molar-refractivity contribution >= 4 is 34.9 Å². The molecule has 0 unspecified atom stereocenters. The smallest absolute Gasteiger partial charge is 0.0731 e. The van der Waals surface area contributed by atoms with Crippen LogP contribution in [0.4, 0.5) is 5.69 Å². The molecule has 0 aliphatic rings. The molecule has 0 amide bonds. The number of hydrogen-bond donors (Lipinski definition) is 1. The van der Waals surface area contributed by atoms with Gasteiger partial charge >= 0.3 is 0 Å². The molecule has 0 fully saturated rings. The molecule has 0 atom stereocenters. The van der Waals surface area contributed by atoms with E-state index in [1.807, 2.05) is 0 Å². The molecule has 1 aromatic carbocycles. The van der Waals surface area contributed by atoms with E-state index in [4.69, 9.17) is 28.9 Å². The molecule has 1 rings (SSSR count). The van der Waals surface area contributed by atoms with Gasteiger partial charge in [0.2, 0.25) is 0 Å². The van der Waals surface area contributed by atoms with E-state index in [9.17, 15) is 9.90 Å². The number of rotatable bonds is 1. The molecule has 2 N–H and O–H groups in total. The van der Waals surface area contributed by atoms with E-state index in [2.05, 4.69) is 0 Å². The van der Waals surface area contributed by atoms with Gasteiger partial charge < -0.3 is 15.6 Å². The number of nitrogen functional groups attached to an aromatic ring is 1. The first kappa shape index (κ1) is 9.16. The van der Waals surface area contributed by atoms with Gasteiger partial charge in [0.1, 0.15) is 0 Å². The highest BCUT2D eigenvalue weighted by atomic mass is 35.5. The SMILES string of the molecule is Nc1cc(Cl)cc(C(=O)[O-])c1Cl. The predicted octanol–water partition coefficient (Wildman–Crippen LogP) is 0.939. The first-order valence-electron chi connectivity index (χ1n) is 2.98. The molecule has 0 aliphatic heterocycles.